The van der Waals surface area contributed by atoms with Gasteiger partial charge in [0.15, 0.2) is 0 Å². The molecule has 0 aliphatic heterocycles. The van der Waals surface area contributed by atoms with Crippen LogP contribution in [-0.4, -0.2) is 61.5 Å². The fraction of sp³-hybridized carbons (Fsp3) is 0.235. The lowest BCUT2D eigenvalue weighted by molar-refractivity contribution is -0.105. The zero-order valence-electron chi connectivity index (χ0n) is 16.2. The maximum atomic E-state index is 12.4. The largest absolute Gasteiger partial charge is 0.481 e. The maximum Gasteiger partial charge on any atom is 0.331 e. The van der Waals surface area contributed by atoms with Crippen molar-refractivity contribution in [3.63, 3.8) is 0 Å². The average molecular weight is 420 g/mol. The van der Waals surface area contributed by atoms with E-state index in [2.05, 4.69) is 25.3 Å². The van der Waals surface area contributed by atoms with Gasteiger partial charge in [0.1, 0.15) is 0 Å². The summed E-state index contributed by atoms with van der Waals surface area (Å²) in [5, 5.41) is 4.95. The van der Waals surface area contributed by atoms with E-state index in [1.807, 2.05) is 0 Å². The third kappa shape index (κ3) is 5.97. The maximum absolute atomic E-state index is 12.4. The van der Waals surface area contributed by atoms with Crippen molar-refractivity contribution in [2.24, 2.45) is 0 Å². The first-order valence-electron chi connectivity index (χ1n) is 8.14. The van der Waals surface area contributed by atoms with E-state index in [0.29, 0.717) is 22.6 Å². The number of methoxy groups -OCH3 is 2. The first-order valence-corrected chi connectivity index (χ1v) is 8.96. The van der Waals surface area contributed by atoms with Gasteiger partial charge in [-0.25, -0.2) is 4.79 Å². The molecule has 0 saturated heterocycles. The Morgan fingerprint density at radius 1 is 1.10 bits per heavy atom. The molecule has 0 aliphatic carbocycles. The number of ether oxygens (including phenoxy) is 2. The van der Waals surface area contributed by atoms with Crippen molar-refractivity contribution in [2.45, 2.75) is 4.90 Å². The molecule has 11 nitrogen and oxygen atoms in total. The number of benzene rings is 1. The highest BCUT2D eigenvalue weighted by Crippen LogP contribution is 2.25. The molecule has 154 valence electrons. The van der Waals surface area contributed by atoms with E-state index in [9.17, 15) is 14.4 Å². The third-order valence-corrected chi connectivity index (χ3v) is 4.27. The van der Waals surface area contributed by atoms with Crippen LogP contribution in [0.4, 0.5) is 16.4 Å². The quantitative estimate of drug-likeness (QED) is 0.433. The van der Waals surface area contributed by atoms with Gasteiger partial charge in [-0.3, -0.25) is 19.6 Å². The minimum absolute atomic E-state index is 0.0275. The highest BCUT2D eigenvalue weighted by Gasteiger charge is 2.16. The molecule has 0 atom stereocenters. The van der Waals surface area contributed by atoms with E-state index in [0.717, 1.165) is 11.9 Å². The Morgan fingerprint density at radius 3 is 2.31 bits per heavy atom. The predicted octanol–water partition coefficient (Wildman–Crippen LogP) is 1.59. The van der Waals surface area contributed by atoms with Crippen LogP contribution in [0, 0.1) is 0 Å². The fourth-order valence-corrected chi connectivity index (χ4v) is 2.78. The monoisotopic (exact) mass is 420 g/mol. The van der Waals surface area contributed by atoms with Gasteiger partial charge in [-0.15, -0.1) is 0 Å². The van der Waals surface area contributed by atoms with Crippen molar-refractivity contribution in [1.29, 1.82) is 0 Å². The molecule has 0 radical (unpaired) electrons. The van der Waals surface area contributed by atoms with Crippen molar-refractivity contribution in [1.82, 2.24) is 19.6 Å². The van der Waals surface area contributed by atoms with Gasteiger partial charge in [-0.05, 0) is 30.1 Å². The number of rotatable bonds is 8. The first-order chi connectivity index (χ1) is 13.9. The number of aromatic nitrogens is 2. The standard InChI is InChI=1S/C17H20N6O5S/c1-23(2)15(25)11-6-5-10(18-9-24)7-12(11)29-22-17(26)21-16-19-13(27-3)8-14(20-16)28-4/h5-9H,1-4H3,(H,18,24)(H2,19,20,21,22,26). The second kappa shape index (κ2) is 10.1. The van der Waals surface area contributed by atoms with E-state index < -0.39 is 6.03 Å². The van der Waals surface area contributed by atoms with Crippen molar-refractivity contribution in [2.75, 3.05) is 38.9 Å². The molecule has 1 aromatic heterocycles. The number of hydrogen-bond donors (Lipinski definition) is 3. The molecule has 12 heteroatoms. The second-order valence-electron chi connectivity index (χ2n) is 5.61. The number of carbonyl (C=O) groups excluding carboxylic acids is 3. The summed E-state index contributed by atoms with van der Waals surface area (Å²) >= 11 is 0.897. The zero-order valence-corrected chi connectivity index (χ0v) is 17.0. The smallest absolute Gasteiger partial charge is 0.331 e. The van der Waals surface area contributed by atoms with E-state index in [1.54, 1.807) is 32.3 Å². The summed E-state index contributed by atoms with van der Waals surface area (Å²) in [6.07, 6.45) is 0.519. The average Bonchev–Trinajstić information content (AvgIpc) is 2.71. The van der Waals surface area contributed by atoms with Crippen LogP contribution in [0.5, 0.6) is 11.8 Å². The van der Waals surface area contributed by atoms with Gasteiger partial charge in [-0.1, -0.05) is 0 Å². The molecule has 2 aromatic rings. The Kier molecular flexibility index (Phi) is 7.60. The van der Waals surface area contributed by atoms with Gasteiger partial charge in [0.25, 0.3) is 5.91 Å². The van der Waals surface area contributed by atoms with Crippen LogP contribution in [0.2, 0.25) is 0 Å². The molecule has 0 fully saturated rings. The number of urea groups is 1. The topological polar surface area (TPSA) is 135 Å². The number of nitrogens with one attached hydrogen (secondary N) is 3. The van der Waals surface area contributed by atoms with Crippen LogP contribution in [0.25, 0.3) is 0 Å². The summed E-state index contributed by atoms with van der Waals surface area (Å²) in [4.78, 5) is 45.1. The van der Waals surface area contributed by atoms with Crippen molar-refractivity contribution < 1.29 is 23.9 Å². The van der Waals surface area contributed by atoms with Crippen LogP contribution >= 0.6 is 11.9 Å². The summed E-state index contributed by atoms with van der Waals surface area (Å²) in [7, 11) is 6.07. The number of carbonyl (C=O) groups is 3. The lowest BCUT2D eigenvalue weighted by Crippen LogP contribution is -2.26. The molecule has 0 saturated carbocycles. The summed E-state index contributed by atoms with van der Waals surface area (Å²) in [5.74, 6) is 0.145. The molecule has 29 heavy (non-hydrogen) atoms. The lowest BCUT2D eigenvalue weighted by Gasteiger charge is -2.15. The molecule has 1 heterocycles. The number of amides is 4. The second-order valence-corrected chi connectivity index (χ2v) is 6.46. The van der Waals surface area contributed by atoms with E-state index in [4.69, 9.17) is 9.47 Å². The molecular weight excluding hydrogens is 400 g/mol. The SMILES string of the molecule is COc1cc(OC)nc(NC(=O)NSc2cc(NC=O)ccc2C(=O)N(C)C)n1. The molecule has 0 bridgehead atoms. The van der Waals surface area contributed by atoms with Crippen molar-refractivity contribution >= 4 is 41.9 Å². The van der Waals surface area contributed by atoms with Gasteiger partial charge < -0.3 is 19.7 Å². The normalized spacial score (nSPS) is 9.93. The molecule has 3 N–H and O–H groups in total. The Balaban J connectivity index is 2.15. The molecular formula is C17H20N6O5S. The molecule has 0 aliphatic rings. The molecule has 1 aromatic carbocycles. The van der Waals surface area contributed by atoms with Gasteiger partial charge in [0.05, 0.1) is 25.8 Å². The number of anilines is 2. The van der Waals surface area contributed by atoms with E-state index in [1.165, 1.54) is 25.2 Å². The summed E-state index contributed by atoms with van der Waals surface area (Å²) in [5.41, 5.74) is 0.830. The first kappa shape index (κ1) is 21.8. The molecule has 0 unspecified atom stereocenters. The Morgan fingerprint density at radius 2 is 1.76 bits per heavy atom. The van der Waals surface area contributed by atoms with Gasteiger partial charge in [0.2, 0.25) is 24.1 Å². The Bertz CT molecular complexity index is 886. The van der Waals surface area contributed by atoms with Crippen LogP contribution in [0.15, 0.2) is 29.2 Å². The summed E-state index contributed by atoms with van der Waals surface area (Å²) in [6.45, 7) is 0. The minimum atomic E-state index is -0.637. The number of hydrogen-bond acceptors (Lipinski definition) is 8. The van der Waals surface area contributed by atoms with Crippen LogP contribution in [-0.2, 0) is 4.79 Å². The van der Waals surface area contributed by atoms with Crippen molar-refractivity contribution in [3.05, 3.63) is 29.8 Å². The van der Waals surface area contributed by atoms with Gasteiger partial charge >= 0.3 is 6.03 Å². The van der Waals surface area contributed by atoms with Crippen molar-refractivity contribution in [3.8, 4) is 11.8 Å². The Labute approximate surface area is 171 Å². The van der Waals surface area contributed by atoms with Crippen LogP contribution < -0.4 is 24.8 Å². The molecule has 2 rings (SSSR count). The highest BCUT2D eigenvalue weighted by atomic mass is 32.2. The van der Waals surface area contributed by atoms with E-state index in [-0.39, 0.29) is 23.6 Å². The molecule has 0 spiro atoms. The highest BCUT2D eigenvalue weighted by molar-refractivity contribution is 7.98. The van der Waals surface area contributed by atoms with Gasteiger partial charge in [0, 0.05) is 24.7 Å². The summed E-state index contributed by atoms with van der Waals surface area (Å²) < 4.78 is 12.6. The van der Waals surface area contributed by atoms with Crippen LogP contribution in [0.1, 0.15) is 10.4 Å². The minimum Gasteiger partial charge on any atom is -0.481 e. The summed E-state index contributed by atoms with van der Waals surface area (Å²) in [6, 6.07) is 5.55. The van der Waals surface area contributed by atoms with Gasteiger partial charge in [-0.2, -0.15) is 9.97 Å². The van der Waals surface area contributed by atoms with E-state index >= 15 is 0 Å². The van der Waals surface area contributed by atoms with Crippen LogP contribution in [0.3, 0.4) is 0 Å². The Hall–Kier alpha value is -3.54. The number of nitrogens with zero attached hydrogens (tertiary/aromatic N) is 3. The molecule has 4 amide bonds. The lowest BCUT2D eigenvalue weighted by atomic mass is 10.2. The third-order valence-electron chi connectivity index (χ3n) is 3.42. The fourth-order valence-electron chi connectivity index (χ4n) is 2.08. The predicted molar refractivity (Wildman–Crippen MR) is 107 cm³/mol. The zero-order chi connectivity index (χ0) is 21.4.